The van der Waals surface area contributed by atoms with E-state index in [1.54, 1.807) is 79.9 Å². The minimum absolute atomic E-state index is 0.0672. The van der Waals surface area contributed by atoms with Crippen molar-refractivity contribution >= 4 is 80.1 Å². The Balaban J connectivity index is 0.000000169. The van der Waals surface area contributed by atoms with E-state index in [0.717, 1.165) is 61.7 Å². The fourth-order valence-corrected chi connectivity index (χ4v) is 9.24. The number of aromatic amines is 2. The number of methoxy groups -OCH3 is 1. The molecular formula is C46H43Cl2F2N13O3S. The summed E-state index contributed by atoms with van der Waals surface area (Å²) in [4.78, 5) is 65.6. The number of nitrogens with zero attached hydrogens (tertiary/aromatic N) is 9. The number of likely N-dealkylation sites (tertiary alicyclic amines) is 2. The Hall–Kier alpha value is -6.83. The number of piperidine rings is 2. The molecule has 67 heavy (non-hydrogen) atoms. The average molecular weight is 967 g/mol. The van der Waals surface area contributed by atoms with Crippen molar-refractivity contribution in [1.82, 2.24) is 54.7 Å². The molecule has 2 saturated heterocycles. The van der Waals surface area contributed by atoms with Gasteiger partial charge in [0.05, 0.1) is 29.5 Å². The smallest absolute Gasteiger partial charge is 0.283 e. The summed E-state index contributed by atoms with van der Waals surface area (Å²) in [6.45, 7) is 2.05. The van der Waals surface area contributed by atoms with Gasteiger partial charge in [-0.15, -0.1) is 11.3 Å². The van der Waals surface area contributed by atoms with Gasteiger partial charge in [0.25, 0.3) is 11.8 Å². The van der Waals surface area contributed by atoms with E-state index in [0.29, 0.717) is 86.6 Å². The summed E-state index contributed by atoms with van der Waals surface area (Å²) in [5, 5.41) is 10.9. The summed E-state index contributed by atoms with van der Waals surface area (Å²) in [6, 6.07) is 10.5. The highest BCUT2D eigenvalue weighted by Crippen LogP contribution is 2.31. The van der Waals surface area contributed by atoms with Crippen molar-refractivity contribution in [2.24, 2.45) is 0 Å². The highest BCUT2D eigenvalue weighted by atomic mass is 35.5. The summed E-state index contributed by atoms with van der Waals surface area (Å²) in [6.07, 6.45) is 16.0. The van der Waals surface area contributed by atoms with E-state index in [4.69, 9.17) is 27.9 Å². The largest absolute Gasteiger partial charge is 0.497 e. The Kier molecular flexibility index (Phi) is 13.8. The van der Waals surface area contributed by atoms with Crippen LogP contribution < -0.4 is 15.4 Å². The van der Waals surface area contributed by atoms with Crippen LogP contribution in [0.4, 0.5) is 20.4 Å². The van der Waals surface area contributed by atoms with Crippen molar-refractivity contribution in [2.45, 2.75) is 50.6 Å². The fourth-order valence-electron chi connectivity index (χ4n) is 8.33. The normalized spacial score (nSPS) is 16.1. The molecule has 8 aromatic rings. The number of rotatable bonds is 11. The first kappa shape index (κ1) is 45.3. The molecule has 0 saturated carbocycles. The molecule has 4 N–H and O–H groups in total. The number of H-pyrrole nitrogens is 2. The lowest BCUT2D eigenvalue weighted by Gasteiger charge is -2.36. The second kappa shape index (κ2) is 20.4. The first-order chi connectivity index (χ1) is 32.6. The van der Waals surface area contributed by atoms with Crippen molar-refractivity contribution in [3.05, 3.63) is 117 Å². The third-order valence-electron chi connectivity index (χ3n) is 11.7. The Morgan fingerprint density at radius 1 is 0.746 bits per heavy atom. The number of thiazole rings is 1. The second-order valence-corrected chi connectivity index (χ2v) is 17.7. The number of fused-ring (bicyclic) bond motifs is 2. The summed E-state index contributed by atoms with van der Waals surface area (Å²) in [7, 11) is 1.57. The Labute approximate surface area is 396 Å². The van der Waals surface area contributed by atoms with Gasteiger partial charge in [0.15, 0.2) is 39.9 Å². The lowest BCUT2D eigenvalue weighted by molar-refractivity contribution is 0.0620. The van der Waals surface area contributed by atoms with Crippen molar-refractivity contribution in [3.8, 4) is 28.5 Å². The number of amides is 2. The Morgan fingerprint density at radius 2 is 1.30 bits per heavy atom. The molecule has 0 aliphatic carbocycles. The maximum Gasteiger partial charge on any atom is 0.283 e. The number of halogens is 4. The number of nitrogens with one attached hydrogen (secondary N) is 4. The number of carbonyl (C=O) groups excluding carboxylic acids is 2. The number of hydrogen-bond donors (Lipinski definition) is 4. The zero-order valence-corrected chi connectivity index (χ0v) is 38.3. The van der Waals surface area contributed by atoms with Crippen LogP contribution in [0, 0.1) is 11.6 Å². The van der Waals surface area contributed by atoms with Gasteiger partial charge in [0.2, 0.25) is 0 Å². The number of aromatic nitrogens is 9. The van der Waals surface area contributed by atoms with Crippen LogP contribution in [-0.4, -0.2) is 112 Å². The zero-order chi connectivity index (χ0) is 46.4. The van der Waals surface area contributed by atoms with Crippen LogP contribution in [0.25, 0.3) is 44.8 Å². The summed E-state index contributed by atoms with van der Waals surface area (Å²) in [5.41, 5.74) is 3.20. The summed E-state index contributed by atoms with van der Waals surface area (Å²) >= 11 is 13.5. The molecule has 21 heteroatoms. The van der Waals surface area contributed by atoms with Crippen LogP contribution in [0.2, 0.25) is 10.0 Å². The number of benzene rings is 1. The van der Waals surface area contributed by atoms with E-state index >= 15 is 0 Å². The lowest BCUT2D eigenvalue weighted by atomic mass is 10.0. The van der Waals surface area contributed by atoms with Gasteiger partial charge in [0.1, 0.15) is 17.0 Å². The van der Waals surface area contributed by atoms with E-state index in [1.807, 2.05) is 9.80 Å². The van der Waals surface area contributed by atoms with Crippen LogP contribution in [0.1, 0.15) is 58.7 Å². The standard InChI is InChI=1S/C25H24ClFN6O2.C21H19ClFN7OS/c1-35-18-7-4-5-15(9-18)25(34)33-8-3-2-6-17(33)12-29-24-21(27)14-31-23(32-24)20-13-30-22-19(20)10-16(26)11-28-22;22-12-7-14-15(10-27-17(14)25-8-12)18-28-11-16(23)19(29-18)26-9-13-3-1-2-5-30(13)21(31)20-24-4-6-32-20/h4-5,7,9-11,13-14,17H,2-3,6,8,12H2,1H3,(H,28,30)(H,29,31,32);4,6-8,10-11,13H,1-3,5,9H2,(H,25,27)(H,26,28,29). The molecule has 2 unspecified atom stereocenters. The average Bonchev–Trinajstić information content (AvgIpc) is 4.15. The van der Waals surface area contributed by atoms with Crippen LogP contribution in [-0.2, 0) is 0 Å². The highest BCUT2D eigenvalue weighted by molar-refractivity contribution is 7.11. The van der Waals surface area contributed by atoms with Gasteiger partial charge in [-0.2, -0.15) is 0 Å². The number of anilines is 2. The quantitative estimate of drug-likeness (QED) is 0.0961. The van der Waals surface area contributed by atoms with E-state index in [1.165, 1.54) is 11.3 Å². The lowest BCUT2D eigenvalue weighted by Crippen LogP contribution is -2.47. The van der Waals surface area contributed by atoms with E-state index < -0.39 is 11.6 Å². The molecule has 2 aliphatic rings. The molecule has 0 bridgehead atoms. The summed E-state index contributed by atoms with van der Waals surface area (Å²) in [5.74, 6) is 0.225. The monoisotopic (exact) mass is 965 g/mol. The Bertz CT molecular complexity index is 3050. The SMILES string of the molecule is COc1cccc(C(=O)N2CCCCC2CNc2nc(-c3c[nH]c4ncc(Cl)cc34)ncc2F)c1.O=C(c1nccs1)N1CCCCC1CNc1nc(-c2c[nH]c3ncc(Cl)cc23)ncc1F. The molecule has 9 heterocycles. The van der Waals surface area contributed by atoms with Crippen molar-refractivity contribution in [3.63, 3.8) is 0 Å². The van der Waals surface area contributed by atoms with Crippen LogP contribution >= 0.6 is 34.5 Å². The Morgan fingerprint density at radius 3 is 1.82 bits per heavy atom. The predicted molar refractivity (Wildman–Crippen MR) is 254 cm³/mol. The first-order valence-corrected chi connectivity index (χ1v) is 23.2. The van der Waals surface area contributed by atoms with Gasteiger partial charge >= 0.3 is 0 Å². The van der Waals surface area contributed by atoms with Gasteiger partial charge in [-0.1, -0.05) is 29.3 Å². The molecule has 2 fully saturated rings. The minimum atomic E-state index is -0.564. The van der Waals surface area contributed by atoms with Crippen LogP contribution in [0.15, 0.2) is 85.2 Å². The van der Waals surface area contributed by atoms with Gasteiger partial charge in [-0.05, 0) is 68.9 Å². The van der Waals surface area contributed by atoms with Gasteiger partial charge in [-0.25, -0.2) is 43.7 Å². The van der Waals surface area contributed by atoms with Crippen molar-refractivity contribution in [1.29, 1.82) is 0 Å². The maximum absolute atomic E-state index is 14.6. The fraction of sp³-hybridized carbons (Fsp3) is 0.283. The van der Waals surface area contributed by atoms with E-state index in [2.05, 4.69) is 55.5 Å². The molecule has 1 aromatic carbocycles. The molecule has 16 nitrogen and oxygen atoms in total. The number of carbonyl (C=O) groups is 2. The second-order valence-electron chi connectivity index (χ2n) is 15.9. The minimum Gasteiger partial charge on any atom is -0.497 e. The third-order valence-corrected chi connectivity index (χ3v) is 12.9. The van der Waals surface area contributed by atoms with Gasteiger partial charge in [0, 0.05) is 102 Å². The van der Waals surface area contributed by atoms with Gasteiger partial charge in [-0.3, -0.25) is 9.59 Å². The summed E-state index contributed by atoms with van der Waals surface area (Å²) < 4.78 is 34.4. The number of ether oxygens (including phenoxy) is 1. The molecule has 7 aromatic heterocycles. The topological polar surface area (TPSA) is 196 Å². The molecule has 2 atom stereocenters. The zero-order valence-electron chi connectivity index (χ0n) is 36.0. The third kappa shape index (κ3) is 10.1. The molecule has 344 valence electrons. The molecular weight excluding hydrogens is 924 g/mol. The number of hydrogen-bond acceptors (Lipinski definition) is 13. The maximum atomic E-state index is 14.6. The molecule has 0 radical (unpaired) electrons. The number of pyridine rings is 2. The van der Waals surface area contributed by atoms with Crippen molar-refractivity contribution in [2.75, 3.05) is 43.9 Å². The van der Waals surface area contributed by atoms with E-state index in [-0.39, 0.29) is 35.5 Å². The van der Waals surface area contributed by atoms with Crippen LogP contribution in [0.5, 0.6) is 5.75 Å². The molecule has 2 amide bonds. The van der Waals surface area contributed by atoms with E-state index in [9.17, 15) is 18.4 Å². The molecule has 2 aliphatic heterocycles. The first-order valence-electron chi connectivity index (χ1n) is 21.6. The molecule has 10 rings (SSSR count). The molecule has 0 spiro atoms. The highest BCUT2D eigenvalue weighted by Gasteiger charge is 2.30. The van der Waals surface area contributed by atoms with Gasteiger partial charge < -0.3 is 35.1 Å². The van der Waals surface area contributed by atoms with Crippen LogP contribution in [0.3, 0.4) is 0 Å². The predicted octanol–water partition coefficient (Wildman–Crippen LogP) is 9.30. The van der Waals surface area contributed by atoms with Crippen molar-refractivity contribution < 1.29 is 23.1 Å².